The average Bonchev–Trinajstić information content (AvgIpc) is 2.49. The zero-order valence-electron chi connectivity index (χ0n) is 8.16. The molecule has 2 atom stereocenters. The van der Waals surface area contributed by atoms with Crippen molar-refractivity contribution >= 4 is 11.8 Å². The van der Waals surface area contributed by atoms with Crippen LogP contribution in [0.5, 0.6) is 0 Å². The molecule has 2 bridgehead atoms. The van der Waals surface area contributed by atoms with E-state index in [9.17, 15) is 0 Å². The van der Waals surface area contributed by atoms with Gasteiger partial charge >= 0.3 is 0 Å². The molecule has 0 aromatic carbocycles. The van der Waals surface area contributed by atoms with E-state index in [1.54, 1.807) is 0 Å². The van der Waals surface area contributed by atoms with Gasteiger partial charge in [0.15, 0.2) is 0 Å². The van der Waals surface area contributed by atoms with Gasteiger partial charge in [-0.2, -0.15) is 0 Å². The molecule has 0 aromatic rings. The van der Waals surface area contributed by atoms with E-state index in [0.29, 0.717) is 5.44 Å². The molecule has 4 saturated heterocycles. The minimum absolute atomic E-state index is 0.158. The van der Waals surface area contributed by atoms with Gasteiger partial charge in [-0.25, -0.2) is 0 Å². The molecule has 13 heavy (non-hydrogen) atoms. The molecular formula is C10H17NOS. The number of fused-ring (bicyclic) bond motifs is 2. The van der Waals surface area contributed by atoms with Crippen LogP contribution in [0.15, 0.2) is 0 Å². The molecule has 3 heteroatoms. The fourth-order valence-electron chi connectivity index (χ4n) is 3.02. The van der Waals surface area contributed by atoms with Crippen molar-refractivity contribution in [1.29, 1.82) is 0 Å². The van der Waals surface area contributed by atoms with E-state index in [1.807, 2.05) is 11.8 Å². The van der Waals surface area contributed by atoms with Gasteiger partial charge in [-0.15, -0.1) is 11.8 Å². The van der Waals surface area contributed by atoms with Crippen molar-refractivity contribution in [3.05, 3.63) is 0 Å². The Morgan fingerprint density at radius 1 is 1.38 bits per heavy atom. The summed E-state index contributed by atoms with van der Waals surface area (Å²) >= 11 is 1.98. The van der Waals surface area contributed by atoms with Crippen LogP contribution in [0.1, 0.15) is 26.2 Å². The van der Waals surface area contributed by atoms with E-state index in [1.165, 1.54) is 38.1 Å². The molecule has 74 valence electrons. The van der Waals surface area contributed by atoms with E-state index in [4.69, 9.17) is 4.74 Å². The van der Waals surface area contributed by atoms with Gasteiger partial charge in [0.2, 0.25) is 0 Å². The number of nitrogens with zero attached hydrogens (tertiary/aromatic N) is 1. The number of piperidine rings is 3. The van der Waals surface area contributed by atoms with E-state index in [-0.39, 0.29) is 5.72 Å². The Labute approximate surface area is 84.0 Å². The molecule has 2 nitrogen and oxygen atoms in total. The number of hydrogen-bond donors (Lipinski definition) is 0. The predicted molar refractivity (Wildman–Crippen MR) is 54.7 cm³/mol. The summed E-state index contributed by atoms with van der Waals surface area (Å²) in [6.07, 6.45) is 4.11. The smallest absolute Gasteiger partial charge is 0.132 e. The lowest BCUT2D eigenvalue weighted by Gasteiger charge is -2.51. The van der Waals surface area contributed by atoms with Gasteiger partial charge in [-0.3, -0.25) is 4.90 Å². The van der Waals surface area contributed by atoms with E-state index in [2.05, 4.69) is 11.8 Å². The third-order valence-electron chi connectivity index (χ3n) is 3.73. The standard InChI is InChI=1S/C10H17NOS/c1-8-12-10(7-13-8)6-9-2-4-11(10)5-3-9/h8-9H,2-7H2,1H3. The van der Waals surface area contributed by atoms with Gasteiger partial charge in [0.1, 0.15) is 11.2 Å². The minimum Gasteiger partial charge on any atom is -0.346 e. The van der Waals surface area contributed by atoms with Crippen LogP contribution in [0.4, 0.5) is 0 Å². The number of hydrogen-bond acceptors (Lipinski definition) is 3. The van der Waals surface area contributed by atoms with E-state index < -0.39 is 0 Å². The van der Waals surface area contributed by atoms with Crippen molar-refractivity contribution in [2.45, 2.75) is 37.3 Å². The lowest BCUT2D eigenvalue weighted by atomic mass is 9.81. The van der Waals surface area contributed by atoms with Crippen LogP contribution in [-0.4, -0.2) is 34.9 Å². The number of ether oxygens (including phenoxy) is 1. The molecule has 4 rings (SSSR count). The summed E-state index contributed by atoms with van der Waals surface area (Å²) in [6, 6.07) is 0. The summed E-state index contributed by atoms with van der Waals surface area (Å²) in [5.41, 5.74) is 0.574. The quantitative estimate of drug-likeness (QED) is 0.591. The third-order valence-corrected chi connectivity index (χ3v) is 4.91. The molecule has 2 unspecified atom stereocenters. The lowest BCUT2D eigenvalue weighted by Crippen LogP contribution is -2.59. The summed E-state index contributed by atoms with van der Waals surface area (Å²) in [4.78, 5) is 2.59. The summed E-state index contributed by atoms with van der Waals surface area (Å²) < 4.78 is 6.11. The van der Waals surface area contributed by atoms with Crippen LogP contribution >= 0.6 is 11.8 Å². The molecule has 4 aliphatic rings. The van der Waals surface area contributed by atoms with E-state index in [0.717, 1.165) is 5.92 Å². The molecule has 1 spiro atoms. The fraction of sp³-hybridized carbons (Fsp3) is 1.00. The second-order valence-corrected chi connectivity index (χ2v) is 5.86. The average molecular weight is 199 g/mol. The Balaban J connectivity index is 1.83. The largest absolute Gasteiger partial charge is 0.346 e. The molecular weight excluding hydrogens is 182 g/mol. The van der Waals surface area contributed by atoms with Crippen LogP contribution in [-0.2, 0) is 4.74 Å². The Hall–Kier alpha value is 0.270. The zero-order valence-corrected chi connectivity index (χ0v) is 8.98. The van der Waals surface area contributed by atoms with Crippen molar-refractivity contribution in [1.82, 2.24) is 4.90 Å². The van der Waals surface area contributed by atoms with Gasteiger partial charge in [-0.05, 0) is 32.1 Å². The molecule has 0 aliphatic carbocycles. The van der Waals surface area contributed by atoms with Crippen molar-refractivity contribution in [2.24, 2.45) is 5.92 Å². The van der Waals surface area contributed by atoms with E-state index >= 15 is 0 Å². The molecule has 0 amide bonds. The first kappa shape index (κ1) is 8.57. The van der Waals surface area contributed by atoms with Crippen molar-refractivity contribution in [2.75, 3.05) is 18.8 Å². The zero-order chi connectivity index (χ0) is 8.89. The highest BCUT2D eigenvalue weighted by Crippen LogP contribution is 2.47. The van der Waals surface area contributed by atoms with Crippen LogP contribution in [0, 0.1) is 5.92 Å². The monoisotopic (exact) mass is 199 g/mol. The predicted octanol–water partition coefficient (Wildman–Crippen LogP) is 1.91. The van der Waals surface area contributed by atoms with Crippen LogP contribution in [0.3, 0.4) is 0 Å². The van der Waals surface area contributed by atoms with Crippen molar-refractivity contribution in [3.63, 3.8) is 0 Å². The maximum absolute atomic E-state index is 6.11. The molecule has 0 N–H and O–H groups in total. The van der Waals surface area contributed by atoms with Gasteiger partial charge in [0.05, 0.1) is 0 Å². The fourth-order valence-corrected chi connectivity index (χ4v) is 4.13. The highest BCUT2D eigenvalue weighted by molar-refractivity contribution is 8.00. The highest BCUT2D eigenvalue weighted by atomic mass is 32.2. The molecule has 4 fully saturated rings. The minimum atomic E-state index is 0.158. The van der Waals surface area contributed by atoms with Gasteiger partial charge in [0, 0.05) is 18.8 Å². The van der Waals surface area contributed by atoms with Gasteiger partial charge in [0.25, 0.3) is 0 Å². The molecule has 0 radical (unpaired) electrons. The third kappa shape index (κ3) is 1.24. The number of rotatable bonds is 0. The first-order chi connectivity index (χ1) is 6.28. The van der Waals surface area contributed by atoms with Crippen LogP contribution in [0.2, 0.25) is 0 Å². The summed E-state index contributed by atoms with van der Waals surface area (Å²) in [7, 11) is 0. The Kier molecular flexibility index (Phi) is 1.90. The first-order valence-electron chi connectivity index (χ1n) is 5.33. The normalized spacial score (nSPS) is 54.7. The Morgan fingerprint density at radius 2 is 2.15 bits per heavy atom. The molecule has 4 aliphatic heterocycles. The molecule has 0 saturated carbocycles. The lowest BCUT2D eigenvalue weighted by molar-refractivity contribution is -0.187. The van der Waals surface area contributed by atoms with Crippen molar-refractivity contribution < 1.29 is 4.74 Å². The molecule has 0 aromatic heterocycles. The maximum atomic E-state index is 6.11. The summed E-state index contributed by atoms with van der Waals surface area (Å²) in [6.45, 7) is 4.73. The summed E-state index contributed by atoms with van der Waals surface area (Å²) in [5.74, 6) is 2.15. The maximum Gasteiger partial charge on any atom is 0.132 e. The van der Waals surface area contributed by atoms with Crippen molar-refractivity contribution in [3.8, 4) is 0 Å². The first-order valence-corrected chi connectivity index (χ1v) is 6.38. The Bertz CT molecular complexity index is 215. The van der Waals surface area contributed by atoms with Crippen LogP contribution in [0.25, 0.3) is 0 Å². The highest BCUT2D eigenvalue weighted by Gasteiger charge is 2.50. The second-order valence-electron chi connectivity index (χ2n) is 4.58. The topological polar surface area (TPSA) is 12.5 Å². The summed E-state index contributed by atoms with van der Waals surface area (Å²) in [5, 5.41) is 0. The van der Waals surface area contributed by atoms with Gasteiger partial charge in [-0.1, -0.05) is 0 Å². The second kappa shape index (κ2) is 2.88. The molecule has 4 heterocycles. The SMILES string of the molecule is CC1OC2(CS1)CC1CCN2CC1. The van der Waals surface area contributed by atoms with Gasteiger partial charge < -0.3 is 4.74 Å². The Morgan fingerprint density at radius 3 is 2.62 bits per heavy atom. The number of thioether (sulfide) groups is 1. The van der Waals surface area contributed by atoms with Crippen LogP contribution < -0.4 is 0 Å².